The normalized spacial score (nSPS) is 14.5. The van der Waals surface area contributed by atoms with Gasteiger partial charge in [-0.2, -0.15) is 0 Å². The van der Waals surface area contributed by atoms with Gasteiger partial charge in [0.2, 0.25) is 5.91 Å². The van der Waals surface area contributed by atoms with Gasteiger partial charge in [-0.1, -0.05) is 16.8 Å². The quantitative estimate of drug-likeness (QED) is 0.761. The summed E-state index contributed by atoms with van der Waals surface area (Å²) < 4.78 is 28.5. The number of aromatic nitrogens is 1. The standard InChI is InChI=1S/C16H15ClN2O5S/c1-25(22,23)9-4-5-10(11(17)6-9)15(21)14-12(7-13(18)20)19-24-16(14)8-2-3-8/h4-6,8H,2-3,7H2,1H3,(H2,18,20). The number of hydrogen-bond acceptors (Lipinski definition) is 6. The summed E-state index contributed by atoms with van der Waals surface area (Å²) in [6.07, 6.45) is 2.56. The van der Waals surface area contributed by atoms with Crippen molar-refractivity contribution >= 4 is 33.1 Å². The molecule has 9 heteroatoms. The third-order valence-electron chi connectivity index (χ3n) is 3.92. The van der Waals surface area contributed by atoms with Gasteiger partial charge in [-0.05, 0) is 31.0 Å². The van der Waals surface area contributed by atoms with E-state index in [1.807, 2.05) is 0 Å². The molecule has 7 nitrogen and oxygen atoms in total. The number of rotatable bonds is 6. The Balaban J connectivity index is 2.06. The fraction of sp³-hybridized carbons (Fsp3) is 0.312. The highest BCUT2D eigenvalue weighted by Gasteiger charge is 2.36. The van der Waals surface area contributed by atoms with Gasteiger partial charge in [0, 0.05) is 17.7 Å². The van der Waals surface area contributed by atoms with Crippen molar-refractivity contribution in [2.45, 2.75) is 30.1 Å². The van der Waals surface area contributed by atoms with E-state index < -0.39 is 21.5 Å². The van der Waals surface area contributed by atoms with Crippen LogP contribution >= 0.6 is 11.6 Å². The van der Waals surface area contributed by atoms with E-state index in [9.17, 15) is 18.0 Å². The molecular formula is C16H15ClN2O5S. The van der Waals surface area contributed by atoms with Gasteiger partial charge in [0.05, 0.1) is 21.9 Å². The maximum atomic E-state index is 13.0. The summed E-state index contributed by atoms with van der Waals surface area (Å²) in [5, 5.41) is 3.82. The Morgan fingerprint density at radius 3 is 2.56 bits per heavy atom. The third kappa shape index (κ3) is 3.59. The predicted octanol–water partition coefficient (Wildman–Crippen LogP) is 1.87. The van der Waals surface area contributed by atoms with Crippen LogP contribution in [0.4, 0.5) is 0 Å². The second-order valence-electron chi connectivity index (χ2n) is 6.03. The minimum Gasteiger partial charge on any atom is -0.369 e. The van der Waals surface area contributed by atoms with Crippen molar-refractivity contribution in [1.29, 1.82) is 0 Å². The van der Waals surface area contributed by atoms with Crippen molar-refractivity contribution in [3.8, 4) is 0 Å². The summed E-state index contributed by atoms with van der Waals surface area (Å²) in [7, 11) is -3.45. The van der Waals surface area contributed by atoms with Gasteiger partial charge in [-0.25, -0.2) is 8.42 Å². The van der Waals surface area contributed by atoms with Gasteiger partial charge >= 0.3 is 0 Å². The van der Waals surface area contributed by atoms with Gasteiger partial charge in [0.25, 0.3) is 0 Å². The third-order valence-corrected chi connectivity index (χ3v) is 5.34. The highest BCUT2D eigenvalue weighted by molar-refractivity contribution is 7.90. The molecule has 132 valence electrons. The Morgan fingerprint density at radius 1 is 1.36 bits per heavy atom. The molecule has 25 heavy (non-hydrogen) atoms. The van der Waals surface area contributed by atoms with E-state index in [1.165, 1.54) is 18.2 Å². The van der Waals surface area contributed by atoms with E-state index in [-0.39, 0.29) is 39.1 Å². The molecule has 1 amide bonds. The average molecular weight is 383 g/mol. The van der Waals surface area contributed by atoms with E-state index in [2.05, 4.69) is 5.16 Å². The molecule has 0 unspecified atom stereocenters. The molecule has 2 N–H and O–H groups in total. The molecule has 1 fully saturated rings. The molecule has 1 saturated carbocycles. The van der Waals surface area contributed by atoms with E-state index >= 15 is 0 Å². The van der Waals surface area contributed by atoms with Gasteiger partial charge < -0.3 is 10.3 Å². The molecule has 0 spiro atoms. The van der Waals surface area contributed by atoms with Gasteiger partial charge in [0.15, 0.2) is 21.4 Å². The number of ketones is 1. The van der Waals surface area contributed by atoms with Crippen LogP contribution in [0.3, 0.4) is 0 Å². The van der Waals surface area contributed by atoms with Crippen molar-refractivity contribution < 1.29 is 22.5 Å². The molecule has 1 aromatic heterocycles. The first-order chi connectivity index (χ1) is 11.7. The molecular weight excluding hydrogens is 368 g/mol. The predicted molar refractivity (Wildman–Crippen MR) is 89.4 cm³/mol. The van der Waals surface area contributed by atoms with Crippen LogP contribution in [0.25, 0.3) is 0 Å². The number of amides is 1. The number of primary amides is 1. The van der Waals surface area contributed by atoms with Crippen molar-refractivity contribution in [3.63, 3.8) is 0 Å². The smallest absolute Gasteiger partial charge is 0.223 e. The first-order valence-corrected chi connectivity index (χ1v) is 9.76. The van der Waals surface area contributed by atoms with Crippen LogP contribution in [0.1, 0.15) is 46.1 Å². The SMILES string of the molecule is CS(=O)(=O)c1ccc(C(=O)c2c(CC(N)=O)noc2C2CC2)c(Cl)c1. The molecule has 0 radical (unpaired) electrons. The van der Waals surface area contributed by atoms with Crippen molar-refractivity contribution in [1.82, 2.24) is 5.16 Å². The zero-order valence-electron chi connectivity index (χ0n) is 13.3. The lowest BCUT2D eigenvalue weighted by Gasteiger charge is -2.07. The minimum absolute atomic E-state index is 0.000830. The number of benzene rings is 1. The molecule has 0 saturated heterocycles. The average Bonchev–Trinajstić information content (AvgIpc) is 3.27. The van der Waals surface area contributed by atoms with Crippen LogP contribution < -0.4 is 5.73 Å². The van der Waals surface area contributed by atoms with Crippen LogP contribution in [-0.4, -0.2) is 31.5 Å². The van der Waals surface area contributed by atoms with E-state index in [0.717, 1.165) is 19.1 Å². The van der Waals surface area contributed by atoms with Crippen molar-refractivity contribution in [2.24, 2.45) is 5.73 Å². The van der Waals surface area contributed by atoms with Crippen LogP contribution in [-0.2, 0) is 21.1 Å². The highest BCUT2D eigenvalue weighted by atomic mass is 35.5. The van der Waals surface area contributed by atoms with Crippen molar-refractivity contribution in [3.05, 3.63) is 45.8 Å². The summed E-state index contributed by atoms with van der Waals surface area (Å²) in [4.78, 5) is 24.2. The highest BCUT2D eigenvalue weighted by Crippen LogP contribution is 2.43. The maximum Gasteiger partial charge on any atom is 0.223 e. The zero-order valence-corrected chi connectivity index (χ0v) is 14.9. The Bertz CT molecular complexity index is 976. The molecule has 1 aromatic carbocycles. The monoisotopic (exact) mass is 382 g/mol. The summed E-state index contributed by atoms with van der Waals surface area (Å²) in [5.41, 5.74) is 5.68. The summed E-state index contributed by atoms with van der Waals surface area (Å²) in [6.45, 7) is 0. The van der Waals surface area contributed by atoms with Crippen LogP contribution in [0.2, 0.25) is 5.02 Å². The first-order valence-electron chi connectivity index (χ1n) is 7.49. The van der Waals surface area contributed by atoms with E-state index in [1.54, 1.807) is 0 Å². The van der Waals surface area contributed by atoms with Crippen LogP contribution in [0.15, 0.2) is 27.6 Å². The van der Waals surface area contributed by atoms with Crippen molar-refractivity contribution in [2.75, 3.05) is 6.26 Å². The number of carbonyl (C=O) groups is 2. The molecule has 0 aliphatic heterocycles. The molecule has 3 rings (SSSR count). The summed E-state index contributed by atoms with van der Waals surface area (Å²) >= 11 is 6.12. The number of nitrogens with two attached hydrogens (primary N) is 1. The lowest BCUT2D eigenvalue weighted by Crippen LogP contribution is -2.17. The molecule has 1 heterocycles. The number of hydrogen-bond donors (Lipinski definition) is 1. The van der Waals surface area contributed by atoms with Gasteiger partial charge in [-0.15, -0.1) is 0 Å². The molecule has 1 aliphatic rings. The Hall–Kier alpha value is -2.19. The molecule has 1 aliphatic carbocycles. The molecule has 0 bridgehead atoms. The van der Waals surface area contributed by atoms with Gasteiger partial charge in [0.1, 0.15) is 5.69 Å². The fourth-order valence-corrected chi connectivity index (χ4v) is 3.51. The summed E-state index contributed by atoms with van der Waals surface area (Å²) in [6, 6.07) is 3.88. The number of sulfone groups is 1. The van der Waals surface area contributed by atoms with Crippen LogP contribution in [0, 0.1) is 0 Å². The fourth-order valence-electron chi connectivity index (χ4n) is 2.54. The topological polar surface area (TPSA) is 120 Å². The number of nitrogens with zero attached hydrogens (tertiary/aromatic N) is 1. The minimum atomic E-state index is -3.45. The van der Waals surface area contributed by atoms with E-state index in [4.69, 9.17) is 21.9 Å². The van der Waals surface area contributed by atoms with Crippen LogP contribution in [0.5, 0.6) is 0 Å². The maximum absolute atomic E-state index is 13.0. The second kappa shape index (κ2) is 6.27. The Kier molecular flexibility index (Phi) is 4.42. The number of halogens is 1. The molecule has 2 aromatic rings. The Labute approximate surface area is 149 Å². The number of carbonyl (C=O) groups excluding carboxylic acids is 2. The largest absolute Gasteiger partial charge is 0.369 e. The Morgan fingerprint density at radius 2 is 2.04 bits per heavy atom. The lowest BCUT2D eigenvalue weighted by atomic mass is 9.98. The second-order valence-corrected chi connectivity index (χ2v) is 8.45. The first kappa shape index (κ1) is 17.6. The van der Waals surface area contributed by atoms with E-state index in [0.29, 0.717) is 5.76 Å². The summed E-state index contributed by atoms with van der Waals surface area (Å²) in [5.74, 6) is -0.598. The zero-order chi connectivity index (χ0) is 18.4. The van der Waals surface area contributed by atoms with Gasteiger partial charge in [-0.3, -0.25) is 9.59 Å². The lowest BCUT2D eigenvalue weighted by molar-refractivity contribution is -0.117. The molecule has 0 atom stereocenters.